The zero-order chi connectivity index (χ0) is 15.1. The summed E-state index contributed by atoms with van der Waals surface area (Å²) in [4.78, 5) is 0. The number of hydrogen-bond acceptors (Lipinski definition) is 3. The molecule has 20 heavy (non-hydrogen) atoms. The Kier molecular flexibility index (Phi) is 3.94. The molecule has 0 bridgehead atoms. The molecule has 2 unspecified atom stereocenters. The molecular weight excluding hydrogens is 339 g/mol. The largest absolute Gasteiger partial charge is 0.573 e. The average Bonchev–Trinajstić information content (AvgIpc) is 2.31. The molecule has 0 heterocycles. The van der Waals surface area contributed by atoms with E-state index in [2.05, 4.69) is 20.7 Å². The lowest BCUT2D eigenvalue weighted by atomic mass is 9.65. The van der Waals surface area contributed by atoms with Gasteiger partial charge in [-0.15, -0.1) is 13.2 Å². The number of rotatable bonds is 3. The van der Waals surface area contributed by atoms with E-state index in [-0.39, 0.29) is 27.8 Å². The molecule has 7 heteroatoms. The van der Waals surface area contributed by atoms with Gasteiger partial charge in [-0.25, -0.2) is 0 Å². The van der Waals surface area contributed by atoms with Gasteiger partial charge < -0.3 is 15.2 Å². The van der Waals surface area contributed by atoms with E-state index >= 15 is 0 Å². The van der Waals surface area contributed by atoms with E-state index in [1.807, 2.05) is 13.8 Å². The van der Waals surface area contributed by atoms with Crippen molar-refractivity contribution in [2.24, 2.45) is 11.1 Å². The number of ether oxygens (including phenoxy) is 2. The molecule has 2 rings (SSSR count). The maximum atomic E-state index is 12.2. The Morgan fingerprint density at radius 3 is 2.45 bits per heavy atom. The molecule has 1 aromatic rings. The summed E-state index contributed by atoms with van der Waals surface area (Å²) in [6.45, 7) is 4.00. The Morgan fingerprint density at radius 2 is 2.00 bits per heavy atom. The van der Waals surface area contributed by atoms with Crippen molar-refractivity contribution in [2.45, 2.75) is 38.8 Å². The average molecular weight is 354 g/mol. The standard InChI is InChI=1S/C13H15BrF3NO2/c1-12(2)10(18)6-11(12)19-7-3-4-9(8(14)5-7)20-13(15,16)17/h3-5,10-11H,6,18H2,1-2H3. The second kappa shape index (κ2) is 5.11. The second-order valence-electron chi connectivity index (χ2n) is 5.41. The minimum absolute atomic E-state index is 0.0428. The first-order valence-corrected chi connectivity index (χ1v) is 6.86. The van der Waals surface area contributed by atoms with Crippen LogP contribution in [0.3, 0.4) is 0 Å². The molecule has 1 aliphatic rings. The number of nitrogens with two attached hydrogens (primary N) is 1. The Bertz CT molecular complexity index is 505. The van der Waals surface area contributed by atoms with Crippen LogP contribution in [-0.2, 0) is 0 Å². The fourth-order valence-corrected chi connectivity index (χ4v) is 2.48. The van der Waals surface area contributed by atoms with Crippen molar-refractivity contribution >= 4 is 15.9 Å². The van der Waals surface area contributed by atoms with Gasteiger partial charge >= 0.3 is 6.36 Å². The third kappa shape index (κ3) is 3.20. The normalized spacial score (nSPS) is 24.9. The molecule has 2 N–H and O–H groups in total. The fourth-order valence-electron chi connectivity index (χ4n) is 2.04. The first kappa shape index (κ1) is 15.4. The van der Waals surface area contributed by atoms with E-state index in [0.29, 0.717) is 5.75 Å². The van der Waals surface area contributed by atoms with Crippen LogP contribution < -0.4 is 15.2 Å². The molecule has 0 saturated heterocycles. The van der Waals surface area contributed by atoms with Gasteiger partial charge in [0.2, 0.25) is 0 Å². The maximum Gasteiger partial charge on any atom is 0.573 e. The molecule has 3 nitrogen and oxygen atoms in total. The van der Waals surface area contributed by atoms with Crippen LogP contribution in [0, 0.1) is 5.41 Å². The fraction of sp³-hybridized carbons (Fsp3) is 0.538. The van der Waals surface area contributed by atoms with E-state index in [9.17, 15) is 13.2 Å². The molecule has 0 spiro atoms. The van der Waals surface area contributed by atoms with Crippen molar-refractivity contribution in [3.63, 3.8) is 0 Å². The Labute approximate surface area is 123 Å². The van der Waals surface area contributed by atoms with Crippen molar-refractivity contribution in [3.8, 4) is 11.5 Å². The smallest absolute Gasteiger partial charge is 0.490 e. The Morgan fingerprint density at radius 1 is 1.35 bits per heavy atom. The highest BCUT2D eigenvalue weighted by Crippen LogP contribution is 2.42. The van der Waals surface area contributed by atoms with Gasteiger partial charge in [0, 0.05) is 17.9 Å². The third-order valence-corrected chi connectivity index (χ3v) is 4.28. The van der Waals surface area contributed by atoms with Gasteiger partial charge in [-0.2, -0.15) is 0 Å². The SMILES string of the molecule is CC1(C)C(N)CC1Oc1ccc(OC(F)(F)F)c(Br)c1. The lowest BCUT2D eigenvalue weighted by Crippen LogP contribution is -2.60. The molecule has 1 aliphatic carbocycles. The Hall–Kier alpha value is -0.950. The highest BCUT2D eigenvalue weighted by atomic mass is 79.9. The van der Waals surface area contributed by atoms with E-state index in [1.54, 1.807) is 0 Å². The van der Waals surface area contributed by atoms with Crippen molar-refractivity contribution in [3.05, 3.63) is 22.7 Å². The van der Waals surface area contributed by atoms with Gasteiger partial charge in [0.1, 0.15) is 17.6 Å². The molecule has 112 valence electrons. The van der Waals surface area contributed by atoms with Crippen LogP contribution in [0.2, 0.25) is 0 Å². The van der Waals surface area contributed by atoms with Crippen molar-refractivity contribution in [1.82, 2.24) is 0 Å². The predicted octanol–water partition coefficient (Wildman–Crippen LogP) is 3.85. The van der Waals surface area contributed by atoms with Gasteiger partial charge in [-0.1, -0.05) is 13.8 Å². The van der Waals surface area contributed by atoms with Gasteiger partial charge in [-0.3, -0.25) is 0 Å². The van der Waals surface area contributed by atoms with Crippen LogP contribution in [0.4, 0.5) is 13.2 Å². The number of halogens is 4. The summed E-state index contributed by atoms with van der Waals surface area (Å²) in [7, 11) is 0. The zero-order valence-electron chi connectivity index (χ0n) is 11.0. The van der Waals surface area contributed by atoms with E-state index in [0.717, 1.165) is 6.42 Å². The highest BCUT2D eigenvalue weighted by Gasteiger charge is 2.48. The molecule has 0 aliphatic heterocycles. The molecule has 0 radical (unpaired) electrons. The molecule has 0 amide bonds. The first-order valence-electron chi connectivity index (χ1n) is 6.07. The lowest BCUT2D eigenvalue weighted by Gasteiger charge is -2.49. The van der Waals surface area contributed by atoms with Gasteiger partial charge in [-0.05, 0) is 34.1 Å². The molecule has 1 saturated carbocycles. The van der Waals surface area contributed by atoms with Gasteiger partial charge in [0.05, 0.1) is 4.47 Å². The van der Waals surface area contributed by atoms with Gasteiger partial charge in [0.15, 0.2) is 0 Å². The Balaban J connectivity index is 2.07. The van der Waals surface area contributed by atoms with Crippen LogP contribution >= 0.6 is 15.9 Å². The minimum atomic E-state index is -4.71. The molecule has 2 atom stereocenters. The van der Waals surface area contributed by atoms with Crippen molar-refractivity contribution in [2.75, 3.05) is 0 Å². The van der Waals surface area contributed by atoms with E-state index in [4.69, 9.17) is 10.5 Å². The number of hydrogen-bond donors (Lipinski definition) is 1. The summed E-state index contributed by atoms with van der Waals surface area (Å²) in [5.41, 5.74) is 5.74. The third-order valence-electron chi connectivity index (χ3n) is 3.66. The van der Waals surface area contributed by atoms with E-state index < -0.39 is 6.36 Å². The monoisotopic (exact) mass is 353 g/mol. The predicted molar refractivity (Wildman–Crippen MR) is 71.6 cm³/mol. The summed E-state index contributed by atoms with van der Waals surface area (Å²) in [6, 6.07) is 4.20. The van der Waals surface area contributed by atoms with Crippen molar-refractivity contribution in [1.29, 1.82) is 0 Å². The molecule has 1 aromatic carbocycles. The van der Waals surface area contributed by atoms with Crippen LogP contribution in [0.15, 0.2) is 22.7 Å². The quantitative estimate of drug-likeness (QED) is 0.897. The lowest BCUT2D eigenvalue weighted by molar-refractivity contribution is -0.274. The molecule has 0 aromatic heterocycles. The summed E-state index contributed by atoms with van der Waals surface area (Å²) in [5.74, 6) is 0.186. The summed E-state index contributed by atoms with van der Waals surface area (Å²) in [5, 5.41) is 0. The van der Waals surface area contributed by atoms with Crippen molar-refractivity contribution < 1.29 is 22.6 Å². The van der Waals surface area contributed by atoms with Crippen LogP contribution in [0.25, 0.3) is 0 Å². The minimum Gasteiger partial charge on any atom is -0.490 e. The zero-order valence-corrected chi connectivity index (χ0v) is 12.6. The summed E-state index contributed by atoms with van der Waals surface area (Å²) < 4.78 is 46.3. The summed E-state index contributed by atoms with van der Waals surface area (Å²) >= 11 is 3.04. The van der Waals surface area contributed by atoms with Crippen LogP contribution in [0.1, 0.15) is 20.3 Å². The maximum absolute atomic E-state index is 12.2. The van der Waals surface area contributed by atoms with Gasteiger partial charge in [0.25, 0.3) is 0 Å². The first-order chi connectivity index (χ1) is 9.09. The van der Waals surface area contributed by atoms with E-state index in [1.165, 1.54) is 18.2 Å². The van der Waals surface area contributed by atoms with Crippen LogP contribution in [0.5, 0.6) is 11.5 Å². The molecular formula is C13H15BrF3NO2. The number of benzene rings is 1. The highest BCUT2D eigenvalue weighted by molar-refractivity contribution is 9.10. The second-order valence-corrected chi connectivity index (χ2v) is 6.26. The van der Waals surface area contributed by atoms with Crippen LogP contribution in [-0.4, -0.2) is 18.5 Å². The topological polar surface area (TPSA) is 44.5 Å². The number of alkyl halides is 3. The summed E-state index contributed by atoms with van der Waals surface area (Å²) in [6.07, 6.45) is -4.03. The molecule has 1 fully saturated rings.